The zero-order chi connectivity index (χ0) is 14.3. The summed E-state index contributed by atoms with van der Waals surface area (Å²) in [5.41, 5.74) is 5.02. The van der Waals surface area contributed by atoms with Crippen LogP contribution in [-0.4, -0.2) is 26.1 Å². The summed E-state index contributed by atoms with van der Waals surface area (Å²) in [6, 6.07) is 2.15. The highest BCUT2D eigenvalue weighted by atomic mass is 32.2. The van der Waals surface area contributed by atoms with Gasteiger partial charge in [-0.15, -0.1) is 5.10 Å². The predicted molar refractivity (Wildman–Crippen MR) is 75.9 cm³/mol. The molecule has 1 aromatic rings. The minimum absolute atomic E-state index is 0.164. The number of aromatic amines is 1. The summed E-state index contributed by atoms with van der Waals surface area (Å²) in [6.45, 7) is 4.61. The van der Waals surface area contributed by atoms with E-state index in [0.717, 1.165) is 18.6 Å². The van der Waals surface area contributed by atoms with Gasteiger partial charge in [0.1, 0.15) is 5.54 Å². The first-order valence-corrected chi connectivity index (χ1v) is 7.53. The Morgan fingerprint density at radius 2 is 2.32 bits per heavy atom. The van der Waals surface area contributed by atoms with Crippen LogP contribution in [0, 0.1) is 11.3 Å². The van der Waals surface area contributed by atoms with Crippen molar-refractivity contribution in [3.63, 3.8) is 0 Å². The number of hydrogen-bond donors (Lipinski definition) is 2. The number of rotatable bonds is 8. The second-order valence-electron chi connectivity index (χ2n) is 4.54. The first kappa shape index (κ1) is 15.8. The van der Waals surface area contributed by atoms with E-state index in [1.807, 2.05) is 13.8 Å². The van der Waals surface area contributed by atoms with Crippen molar-refractivity contribution in [1.82, 2.24) is 14.8 Å². The van der Waals surface area contributed by atoms with Crippen molar-refractivity contribution in [2.75, 3.05) is 5.75 Å². The molecule has 6 nitrogen and oxygen atoms in total. The smallest absolute Gasteiger partial charge is 0.313 e. The van der Waals surface area contributed by atoms with Gasteiger partial charge in [-0.1, -0.05) is 25.6 Å². The van der Waals surface area contributed by atoms with Crippen LogP contribution in [0.1, 0.15) is 39.5 Å². The van der Waals surface area contributed by atoms with Crippen molar-refractivity contribution in [2.45, 2.75) is 56.8 Å². The molecule has 106 valence electrons. The van der Waals surface area contributed by atoms with Gasteiger partial charge in [-0.05, 0) is 25.7 Å². The lowest BCUT2D eigenvalue weighted by Crippen LogP contribution is -2.37. The van der Waals surface area contributed by atoms with Crippen LogP contribution < -0.4 is 11.4 Å². The standard InChI is InChI=1S/C12H21N5OS/c1-3-7-17-10(18)15-16-11(17)19-8-5-6-12(14,4-2)9-13/h3-8,14H2,1-2H3,(H,15,18). The Kier molecular flexibility index (Phi) is 6.12. The van der Waals surface area contributed by atoms with Crippen LogP contribution >= 0.6 is 11.8 Å². The van der Waals surface area contributed by atoms with Crippen molar-refractivity contribution in [2.24, 2.45) is 5.73 Å². The van der Waals surface area contributed by atoms with E-state index < -0.39 is 5.54 Å². The third-order valence-electron chi connectivity index (χ3n) is 3.02. The van der Waals surface area contributed by atoms with E-state index in [9.17, 15) is 4.79 Å². The molecule has 0 radical (unpaired) electrons. The van der Waals surface area contributed by atoms with Crippen LogP contribution in [0.2, 0.25) is 0 Å². The van der Waals surface area contributed by atoms with Crippen molar-refractivity contribution >= 4 is 11.8 Å². The molecule has 1 unspecified atom stereocenters. The van der Waals surface area contributed by atoms with E-state index in [0.29, 0.717) is 24.5 Å². The van der Waals surface area contributed by atoms with Gasteiger partial charge in [-0.2, -0.15) is 5.26 Å². The number of H-pyrrole nitrogens is 1. The van der Waals surface area contributed by atoms with Crippen molar-refractivity contribution in [3.8, 4) is 6.07 Å². The molecule has 1 rings (SSSR count). The second-order valence-corrected chi connectivity index (χ2v) is 5.60. The van der Waals surface area contributed by atoms with Crippen LogP contribution in [-0.2, 0) is 6.54 Å². The average molecular weight is 283 g/mol. The van der Waals surface area contributed by atoms with E-state index in [4.69, 9.17) is 11.0 Å². The maximum Gasteiger partial charge on any atom is 0.343 e. The summed E-state index contributed by atoms with van der Waals surface area (Å²) in [6.07, 6.45) is 3.03. The molecule has 7 heteroatoms. The quantitative estimate of drug-likeness (QED) is 0.556. The summed E-state index contributed by atoms with van der Waals surface area (Å²) in [5, 5.41) is 16.1. The minimum Gasteiger partial charge on any atom is -0.313 e. The molecule has 19 heavy (non-hydrogen) atoms. The summed E-state index contributed by atoms with van der Waals surface area (Å²) in [4.78, 5) is 11.5. The van der Waals surface area contributed by atoms with Gasteiger partial charge in [0.15, 0.2) is 5.16 Å². The highest BCUT2D eigenvalue weighted by Gasteiger charge is 2.21. The molecule has 0 saturated carbocycles. The Morgan fingerprint density at radius 1 is 1.58 bits per heavy atom. The molecule has 0 fully saturated rings. The topological polar surface area (TPSA) is 100 Å². The van der Waals surface area contributed by atoms with Crippen molar-refractivity contribution in [3.05, 3.63) is 10.5 Å². The van der Waals surface area contributed by atoms with E-state index in [1.165, 1.54) is 11.8 Å². The molecule has 0 bridgehead atoms. The Balaban J connectivity index is 2.46. The molecular formula is C12H21N5OS. The van der Waals surface area contributed by atoms with Gasteiger partial charge >= 0.3 is 5.69 Å². The molecule has 0 spiro atoms. The monoisotopic (exact) mass is 283 g/mol. The number of aromatic nitrogens is 3. The lowest BCUT2D eigenvalue weighted by Gasteiger charge is -2.18. The Bertz CT molecular complexity index is 489. The fourth-order valence-corrected chi connectivity index (χ4v) is 2.61. The number of nitrogens with zero attached hydrogens (tertiary/aromatic N) is 3. The number of thioether (sulfide) groups is 1. The molecular weight excluding hydrogens is 262 g/mol. The largest absolute Gasteiger partial charge is 0.343 e. The Hall–Kier alpha value is -1.26. The van der Waals surface area contributed by atoms with E-state index in [1.54, 1.807) is 4.57 Å². The van der Waals surface area contributed by atoms with Gasteiger partial charge in [0.05, 0.1) is 6.07 Å². The molecule has 0 aliphatic carbocycles. The normalized spacial score (nSPS) is 14.0. The van der Waals surface area contributed by atoms with Gasteiger partial charge in [-0.3, -0.25) is 4.57 Å². The Morgan fingerprint density at radius 3 is 2.89 bits per heavy atom. The van der Waals surface area contributed by atoms with Crippen LogP contribution in [0.15, 0.2) is 9.95 Å². The zero-order valence-electron chi connectivity index (χ0n) is 11.5. The summed E-state index contributed by atoms with van der Waals surface area (Å²) < 4.78 is 1.64. The molecule has 0 aliphatic rings. The van der Waals surface area contributed by atoms with E-state index in [2.05, 4.69) is 16.3 Å². The predicted octanol–water partition coefficient (Wildman–Crippen LogP) is 1.48. The zero-order valence-corrected chi connectivity index (χ0v) is 12.3. The summed E-state index contributed by atoms with van der Waals surface area (Å²) >= 11 is 1.53. The summed E-state index contributed by atoms with van der Waals surface area (Å²) in [7, 11) is 0. The van der Waals surface area contributed by atoms with Gasteiger partial charge in [0, 0.05) is 12.3 Å². The van der Waals surface area contributed by atoms with Crippen LogP contribution in [0.4, 0.5) is 0 Å². The molecule has 1 atom stereocenters. The summed E-state index contributed by atoms with van der Waals surface area (Å²) in [5.74, 6) is 0.800. The molecule has 0 aromatic carbocycles. The third-order valence-corrected chi connectivity index (χ3v) is 4.09. The van der Waals surface area contributed by atoms with Crippen molar-refractivity contribution < 1.29 is 0 Å². The van der Waals surface area contributed by atoms with Crippen LogP contribution in [0.5, 0.6) is 0 Å². The maximum absolute atomic E-state index is 11.5. The van der Waals surface area contributed by atoms with Crippen LogP contribution in [0.3, 0.4) is 0 Å². The van der Waals surface area contributed by atoms with Gasteiger partial charge < -0.3 is 5.73 Å². The lowest BCUT2D eigenvalue weighted by atomic mass is 9.94. The molecule has 0 amide bonds. The number of hydrogen-bond acceptors (Lipinski definition) is 5. The first-order valence-electron chi connectivity index (χ1n) is 6.54. The lowest BCUT2D eigenvalue weighted by molar-refractivity contribution is 0.478. The highest BCUT2D eigenvalue weighted by molar-refractivity contribution is 7.99. The van der Waals surface area contributed by atoms with Crippen LogP contribution in [0.25, 0.3) is 0 Å². The van der Waals surface area contributed by atoms with Gasteiger partial charge in [0.2, 0.25) is 0 Å². The molecule has 1 aromatic heterocycles. The first-order chi connectivity index (χ1) is 9.06. The number of nitrogens with two attached hydrogens (primary N) is 1. The molecule has 0 aliphatic heterocycles. The maximum atomic E-state index is 11.5. The minimum atomic E-state index is -0.727. The fourth-order valence-electron chi connectivity index (χ4n) is 1.70. The molecule has 0 saturated heterocycles. The van der Waals surface area contributed by atoms with Gasteiger partial charge in [0.25, 0.3) is 0 Å². The SMILES string of the molecule is CCCn1c(SCCCC(N)(C#N)CC)n[nH]c1=O. The molecule has 3 N–H and O–H groups in total. The number of nitriles is 1. The highest BCUT2D eigenvalue weighted by Crippen LogP contribution is 2.19. The van der Waals surface area contributed by atoms with E-state index in [-0.39, 0.29) is 5.69 Å². The average Bonchev–Trinajstić information content (AvgIpc) is 2.76. The Labute approximate surface area is 117 Å². The van der Waals surface area contributed by atoms with E-state index >= 15 is 0 Å². The number of nitrogens with one attached hydrogen (secondary N) is 1. The van der Waals surface area contributed by atoms with Gasteiger partial charge in [-0.25, -0.2) is 9.89 Å². The fraction of sp³-hybridized carbons (Fsp3) is 0.750. The van der Waals surface area contributed by atoms with Crippen molar-refractivity contribution in [1.29, 1.82) is 5.26 Å². The second kappa shape index (κ2) is 7.36. The third kappa shape index (κ3) is 4.40. The molecule has 1 heterocycles.